The lowest BCUT2D eigenvalue weighted by atomic mass is 10.2. The molecule has 0 unspecified atom stereocenters. The molecule has 5 heteroatoms. The molecule has 0 aliphatic heterocycles. The van der Waals surface area contributed by atoms with Crippen LogP contribution in [-0.4, -0.2) is 23.1 Å². The van der Waals surface area contributed by atoms with Gasteiger partial charge in [0.15, 0.2) is 0 Å². The first kappa shape index (κ1) is 16.6. The Balaban J connectivity index is 1.56. The van der Waals surface area contributed by atoms with E-state index in [2.05, 4.69) is 59.1 Å². The van der Waals surface area contributed by atoms with Crippen molar-refractivity contribution in [2.24, 2.45) is 0 Å². The number of rotatable bonds is 7. The van der Waals surface area contributed by atoms with Gasteiger partial charge < -0.3 is 10.1 Å². The molecule has 0 radical (unpaired) electrons. The fourth-order valence-corrected chi connectivity index (χ4v) is 3.08. The summed E-state index contributed by atoms with van der Waals surface area (Å²) in [7, 11) is 1.72. The van der Waals surface area contributed by atoms with Gasteiger partial charge in [-0.2, -0.15) is 5.10 Å². The molecule has 0 amide bonds. The highest BCUT2D eigenvalue weighted by molar-refractivity contribution is 7.98. The molecule has 1 heterocycles. The second kappa shape index (κ2) is 8.04. The molecular weight excluding hydrogens is 318 g/mol. The molecule has 0 spiro atoms. The summed E-state index contributed by atoms with van der Waals surface area (Å²) in [5, 5.41) is 7.71. The summed E-state index contributed by atoms with van der Waals surface area (Å²) in [5.74, 6) is 0.936. The van der Waals surface area contributed by atoms with Crippen LogP contribution in [0.2, 0.25) is 0 Å². The molecule has 124 valence electrons. The number of hydrogen-bond donors (Lipinski definition) is 1. The maximum absolute atomic E-state index is 5.43. The summed E-state index contributed by atoms with van der Waals surface area (Å²) in [5.41, 5.74) is 3.54. The topological polar surface area (TPSA) is 39.1 Å². The maximum atomic E-state index is 5.43. The molecule has 0 bridgehead atoms. The van der Waals surface area contributed by atoms with Gasteiger partial charge in [-0.1, -0.05) is 18.2 Å². The van der Waals surface area contributed by atoms with E-state index in [1.54, 1.807) is 25.1 Å². The number of hydrogen-bond acceptors (Lipinski definition) is 4. The first-order valence-electron chi connectivity index (χ1n) is 7.81. The van der Waals surface area contributed by atoms with Crippen LogP contribution in [0.15, 0.2) is 65.8 Å². The van der Waals surface area contributed by atoms with Crippen molar-refractivity contribution in [2.75, 3.05) is 13.4 Å². The van der Waals surface area contributed by atoms with Gasteiger partial charge in [-0.25, -0.2) is 4.68 Å². The van der Waals surface area contributed by atoms with E-state index in [-0.39, 0.29) is 0 Å². The number of thioether (sulfide) groups is 1. The van der Waals surface area contributed by atoms with Crippen LogP contribution in [0.3, 0.4) is 0 Å². The van der Waals surface area contributed by atoms with Crippen LogP contribution in [0.1, 0.15) is 11.1 Å². The van der Waals surface area contributed by atoms with Gasteiger partial charge in [-0.3, -0.25) is 0 Å². The molecule has 0 atom stereocenters. The summed E-state index contributed by atoms with van der Waals surface area (Å²) in [4.78, 5) is 1.16. The Morgan fingerprint density at radius 3 is 2.50 bits per heavy atom. The summed E-state index contributed by atoms with van der Waals surface area (Å²) in [6.45, 7) is 1.64. The van der Waals surface area contributed by atoms with Gasteiger partial charge in [0.05, 0.1) is 12.8 Å². The highest BCUT2D eigenvalue weighted by Crippen LogP contribution is 2.28. The fraction of sp³-hybridized carbons (Fsp3) is 0.211. The largest absolute Gasteiger partial charge is 0.496 e. The molecule has 0 aliphatic rings. The Hall–Kier alpha value is -2.24. The van der Waals surface area contributed by atoms with E-state index in [4.69, 9.17) is 4.74 Å². The zero-order chi connectivity index (χ0) is 16.8. The van der Waals surface area contributed by atoms with Crippen molar-refractivity contribution in [3.63, 3.8) is 0 Å². The van der Waals surface area contributed by atoms with Gasteiger partial charge in [0, 0.05) is 30.4 Å². The predicted molar refractivity (Wildman–Crippen MR) is 98.9 cm³/mol. The predicted octanol–water partition coefficient (Wildman–Crippen LogP) is 3.89. The van der Waals surface area contributed by atoms with Crippen LogP contribution >= 0.6 is 11.8 Å². The highest BCUT2D eigenvalue weighted by atomic mass is 32.2. The molecule has 0 saturated carbocycles. The number of nitrogens with zero attached hydrogens (tertiary/aromatic N) is 2. The van der Waals surface area contributed by atoms with Gasteiger partial charge >= 0.3 is 0 Å². The number of ether oxygens (including phenoxy) is 1. The van der Waals surface area contributed by atoms with Crippen LogP contribution in [0.25, 0.3) is 5.69 Å². The third-order valence-electron chi connectivity index (χ3n) is 3.81. The Kier molecular flexibility index (Phi) is 5.56. The molecule has 3 rings (SSSR count). The van der Waals surface area contributed by atoms with Crippen LogP contribution in [-0.2, 0) is 13.1 Å². The van der Waals surface area contributed by atoms with Gasteiger partial charge in [-0.05, 0) is 47.7 Å². The van der Waals surface area contributed by atoms with Crippen molar-refractivity contribution < 1.29 is 4.74 Å². The SMILES string of the molecule is COc1cc(CNCc2ccc(-n3cccn3)cc2)ccc1SC. The lowest BCUT2D eigenvalue weighted by Gasteiger charge is -2.10. The monoisotopic (exact) mass is 339 g/mol. The van der Waals surface area contributed by atoms with Crippen LogP contribution in [0, 0.1) is 0 Å². The first-order chi connectivity index (χ1) is 11.8. The van der Waals surface area contributed by atoms with Gasteiger partial charge in [0.2, 0.25) is 0 Å². The van der Waals surface area contributed by atoms with E-state index >= 15 is 0 Å². The van der Waals surface area contributed by atoms with E-state index in [1.165, 1.54) is 11.1 Å². The third-order valence-corrected chi connectivity index (χ3v) is 4.59. The smallest absolute Gasteiger partial charge is 0.132 e. The number of methoxy groups -OCH3 is 1. The summed E-state index contributed by atoms with van der Waals surface area (Å²) >= 11 is 1.70. The lowest BCUT2D eigenvalue weighted by Crippen LogP contribution is -2.12. The molecule has 24 heavy (non-hydrogen) atoms. The molecule has 1 N–H and O–H groups in total. The quantitative estimate of drug-likeness (QED) is 0.663. The Morgan fingerprint density at radius 2 is 1.83 bits per heavy atom. The molecule has 4 nitrogen and oxygen atoms in total. The van der Waals surface area contributed by atoms with Crippen molar-refractivity contribution in [2.45, 2.75) is 18.0 Å². The second-order valence-electron chi connectivity index (χ2n) is 5.41. The van der Waals surface area contributed by atoms with Crippen LogP contribution in [0.4, 0.5) is 0 Å². The van der Waals surface area contributed by atoms with Crippen molar-refractivity contribution >= 4 is 11.8 Å². The molecule has 0 fully saturated rings. The standard InChI is InChI=1S/C19H21N3OS/c1-23-18-12-16(6-9-19(18)24-2)14-20-13-15-4-7-17(8-5-15)22-11-3-10-21-22/h3-12,20H,13-14H2,1-2H3. The summed E-state index contributed by atoms with van der Waals surface area (Å²) in [6.07, 6.45) is 5.79. The lowest BCUT2D eigenvalue weighted by molar-refractivity contribution is 0.404. The van der Waals surface area contributed by atoms with Gasteiger partial charge in [0.25, 0.3) is 0 Å². The Bertz CT molecular complexity index is 770. The third kappa shape index (κ3) is 3.99. The number of aromatic nitrogens is 2. The van der Waals surface area contributed by atoms with E-state index in [0.29, 0.717) is 0 Å². The normalized spacial score (nSPS) is 10.8. The Labute approximate surface area is 146 Å². The van der Waals surface area contributed by atoms with Crippen molar-refractivity contribution in [3.05, 3.63) is 72.1 Å². The zero-order valence-electron chi connectivity index (χ0n) is 13.9. The average molecular weight is 339 g/mol. The second-order valence-corrected chi connectivity index (χ2v) is 6.26. The van der Waals surface area contributed by atoms with Crippen molar-refractivity contribution in [3.8, 4) is 11.4 Å². The molecular formula is C19H21N3OS. The molecule has 0 saturated heterocycles. The van der Waals surface area contributed by atoms with Crippen LogP contribution in [0.5, 0.6) is 5.75 Å². The van der Waals surface area contributed by atoms with Crippen molar-refractivity contribution in [1.82, 2.24) is 15.1 Å². The van der Waals surface area contributed by atoms with Crippen molar-refractivity contribution in [1.29, 1.82) is 0 Å². The minimum Gasteiger partial charge on any atom is -0.496 e. The molecule has 3 aromatic rings. The molecule has 2 aromatic carbocycles. The average Bonchev–Trinajstić information content (AvgIpc) is 3.17. The first-order valence-corrected chi connectivity index (χ1v) is 9.03. The number of benzene rings is 2. The maximum Gasteiger partial charge on any atom is 0.132 e. The van der Waals surface area contributed by atoms with E-state index in [9.17, 15) is 0 Å². The van der Waals surface area contributed by atoms with E-state index in [1.807, 2.05) is 16.9 Å². The molecule has 0 aliphatic carbocycles. The van der Waals surface area contributed by atoms with E-state index in [0.717, 1.165) is 29.4 Å². The minimum absolute atomic E-state index is 0.811. The Morgan fingerprint density at radius 1 is 1.08 bits per heavy atom. The number of nitrogens with one attached hydrogen (secondary N) is 1. The summed E-state index contributed by atoms with van der Waals surface area (Å²) < 4.78 is 7.29. The fourth-order valence-electron chi connectivity index (χ4n) is 2.53. The van der Waals surface area contributed by atoms with E-state index < -0.39 is 0 Å². The van der Waals surface area contributed by atoms with Gasteiger partial charge in [-0.15, -0.1) is 11.8 Å². The van der Waals surface area contributed by atoms with Crippen LogP contribution < -0.4 is 10.1 Å². The minimum atomic E-state index is 0.811. The van der Waals surface area contributed by atoms with Gasteiger partial charge in [0.1, 0.15) is 5.75 Å². The zero-order valence-corrected chi connectivity index (χ0v) is 14.7. The highest BCUT2D eigenvalue weighted by Gasteiger charge is 2.03. The summed E-state index contributed by atoms with van der Waals surface area (Å²) in [6, 6.07) is 16.7. The molecule has 1 aromatic heterocycles.